The molecule has 1 amide bonds. The predicted molar refractivity (Wildman–Crippen MR) is 104 cm³/mol. The molecule has 0 spiro atoms. The third kappa shape index (κ3) is 4.14. The smallest absolute Gasteiger partial charge is 0.323 e. The van der Waals surface area contributed by atoms with Gasteiger partial charge in [-0.15, -0.1) is 0 Å². The molecule has 1 N–H and O–H groups in total. The van der Waals surface area contributed by atoms with Crippen molar-refractivity contribution in [3.8, 4) is 0 Å². The van der Waals surface area contributed by atoms with E-state index in [1.54, 1.807) is 24.5 Å². The van der Waals surface area contributed by atoms with Gasteiger partial charge in [-0.2, -0.15) is 0 Å². The molecule has 28 heavy (non-hydrogen) atoms. The van der Waals surface area contributed by atoms with Crippen molar-refractivity contribution in [2.75, 3.05) is 6.54 Å². The fraction of sp³-hybridized carbons (Fsp3) is 0.250. The van der Waals surface area contributed by atoms with Gasteiger partial charge < -0.3 is 14.6 Å². The van der Waals surface area contributed by atoms with Crippen molar-refractivity contribution in [3.05, 3.63) is 64.7 Å². The Balaban J connectivity index is 1.92. The van der Waals surface area contributed by atoms with Crippen LogP contribution in [0.1, 0.15) is 35.8 Å². The van der Waals surface area contributed by atoms with Crippen molar-refractivity contribution in [3.63, 3.8) is 0 Å². The van der Waals surface area contributed by atoms with Gasteiger partial charge in [0, 0.05) is 23.2 Å². The molecule has 0 fully saturated rings. The summed E-state index contributed by atoms with van der Waals surface area (Å²) in [7, 11) is 0. The molecular formula is C20H19ClFN3O3. The van der Waals surface area contributed by atoms with Crippen LogP contribution < -0.4 is 0 Å². The molecule has 146 valence electrons. The highest BCUT2D eigenvalue weighted by Gasteiger charge is 2.21. The first kappa shape index (κ1) is 19.8. The number of halogens is 2. The van der Waals surface area contributed by atoms with Gasteiger partial charge in [0.1, 0.15) is 12.4 Å². The topological polar surface area (TPSA) is 75.4 Å². The van der Waals surface area contributed by atoms with E-state index in [0.29, 0.717) is 16.6 Å². The highest BCUT2D eigenvalue weighted by Crippen LogP contribution is 2.22. The third-order valence-electron chi connectivity index (χ3n) is 4.37. The van der Waals surface area contributed by atoms with Crippen molar-refractivity contribution in [2.45, 2.75) is 26.4 Å². The van der Waals surface area contributed by atoms with Crippen LogP contribution in [0.2, 0.25) is 5.02 Å². The number of aromatic nitrogens is 2. The summed E-state index contributed by atoms with van der Waals surface area (Å²) in [5, 5.41) is 9.34. The SMILES string of the molecule is CC(C)n1cnc2cc(C(=O)N(CC(=O)O)Cc3ccc(F)cc3Cl)ccc21. The maximum absolute atomic E-state index is 13.3. The molecule has 3 aromatic rings. The van der Waals surface area contributed by atoms with Gasteiger partial charge in [-0.05, 0) is 49.7 Å². The third-order valence-corrected chi connectivity index (χ3v) is 4.72. The molecule has 8 heteroatoms. The Hall–Kier alpha value is -2.93. The zero-order chi connectivity index (χ0) is 20.4. The van der Waals surface area contributed by atoms with Crippen LogP contribution in [0.3, 0.4) is 0 Å². The lowest BCUT2D eigenvalue weighted by atomic mass is 10.1. The van der Waals surface area contributed by atoms with Gasteiger partial charge in [-0.1, -0.05) is 17.7 Å². The number of carbonyl (C=O) groups excluding carboxylic acids is 1. The number of rotatable bonds is 6. The van der Waals surface area contributed by atoms with Gasteiger partial charge in [0.25, 0.3) is 5.91 Å². The molecule has 0 atom stereocenters. The highest BCUT2D eigenvalue weighted by atomic mass is 35.5. The fourth-order valence-electron chi connectivity index (χ4n) is 2.98. The molecule has 0 bridgehead atoms. The lowest BCUT2D eigenvalue weighted by Gasteiger charge is -2.21. The summed E-state index contributed by atoms with van der Waals surface area (Å²) in [6.45, 7) is 3.50. The number of amides is 1. The standard InChI is InChI=1S/C20H19ClFN3O3/c1-12(2)25-11-23-17-7-13(4-6-18(17)25)20(28)24(10-19(26)27)9-14-3-5-15(22)8-16(14)21/h3-8,11-12H,9-10H2,1-2H3,(H,26,27). The second kappa shape index (κ2) is 7.98. The van der Waals surface area contributed by atoms with Crippen molar-refractivity contribution in [1.29, 1.82) is 0 Å². The number of aliphatic carboxylic acids is 1. The maximum Gasteiger partial charge on any atom is 0.323 e. The van der Waals surface area contributed by atoms with E-state index in [0.717, 1.165) is 16.5 Å². The second-order valence-electron chi connectivity index (χ2n) is 6.74. The number of carboxylic acid groups (broad SMARTS) is 1. The van der Waals surface area contributed by atoms with Crippen LogP contribution in [-0.4, -0.2) is 38.0 Å². The zero-order valence-electron chi connectivity index (χ0n) is 15.4. The van der Waals surface area contributed by atoms with Gasteiger partial charge >= 0.3 is 5.97 Å². The molecule has 0 aliphatic heterocycles. The number of imidazole rings is 1. The fourth-order valence-corrected chi connectivity index (χ4v) is 3.20. The number of fused-ring (bicyclic) bond motifs is 1. The summed E-state index contributed by atoms with van der Waals surface area (Å²) in [6.07, 6.45) is 1.71. The summed E-state index contributed by atoms with van der Waals surface area (Å²) in [6, 6.07) is 9.08. The van der Waals surface area contributed by atoms with E-state index in [-0.39, 0.29) is 17.6 Å². The van der Waals surface area contributed by atoms with Crippen LogP contribution in [0.25, 0.3) is 11.0 Å². The summed E-state index contributed by atoms with van der Waals surface area (Å²) in [5.74, 6) is -2.13. The summed E-state index contributed by atoms with van der Waals surface area (Å²) >= 11 is 6.03. The van der Waals surface area contributed by atoms with E-state index in [1.807, 2.05) is 18.4 Å². The molecule has 0 unspecified atom stereocenters. The highest BCUT2D eigenvalue weighted by molar-refractivity contribution is 6.31. The summed E-state index contributed by atoms with van der Waals surface area (Å²) in [4.78, 5) is 29.7. The van der Waals surface area contributed by atoms with Crippen LogP contribution in [-0.2, 0) is 11.3 Å². The summed E-state index contributed by atoms with van der Waals surface area (Å²) < 4.78 is 15.2. The first-order chi connectivity index (χ1) is 13.3. The van der Waals surface area contributed by atoms with Crippen LogP contribution in [0, 0.1) is 5.82 Å². The van der Waals surface area contributed by atoms with E-state index in [9.17, 15) is 19.1 Å². The average molecular weight is 404 g/mol. The van der Waals surface area contributed by atoms with Gasteiger partial charge in [-0.25, -0.2) is 9.37 Å². The van der Waals surface area contributed by atoms with E-state index in [1.165, 1.54) is 12.1 Å². The van der Waals surface area contributed by atoms with E-state index < -0.39 is 24.2 Å². The van der Waals surface area contributed by atoms with Crippen LogP contribution in [0.5, 0.6) is 0 Å². The largest absolute Gasteiger partial charge is 0.480 e. The molecule has 0 saturated heterocycles. The number of carboxylic acids is 1. The monoisotopic (exact) mass is 403 g/mol. The summed E-state index contributed by atoms with van der Waals surface area (Å²) in [5.41, 5.74) is 2.32. The molecule has 0 aliphatic rings. The molecule has 3 rings (SSSR count). The van der Waals surface area contributed by atoms with Crippen molar-refractivity contribution in [2.24, 2.45) is 0 Å². The van der Waals surface area contributed by atoms with E-state index in [2.05, 4.69) is 4.98 Å². The number of benzene rings is 2. The van der Waals surface area contributed by atoms with Gasteiger partial charge in [0.15, 0.2) is 0 Å². The van der Waals surface area contributed by atoms with Crippen LogP contribution >= 0.6 is 11.6 Å². The Morgan fingerprint density at radius 2 is 2.00 bits per heavy atom. The minimum Gasteiger partial charge on any atom is -0.480 e. The van der Waals surface area contributed by atoms with Crippen molar-refractivity contribution >= 4 is 34.5 Å². The molecule has 6 nitrogen and oxygen atoms in total. The van der Waals surface area contributed by atoms with Crippen molar-refractivity contribution < 1.29 is 19.1 Å². The lowest BCUT2D eigenvalue weighted by Crippen LogP contribution is -2.35. The molecule has 0 saturated carbocycles. The Bertz CT molecular complexity index is 1050. The first-order valence-corrected chi connectivity index (χ1v) is 9.05. The van der Waals surface area contributed by atoms with Gasteiger partial charge in [0.05, 0.1) is 17.4 Å². The van der Waals surface area contributed by atoms with Crippen molar-refractivity contribution in [1.82, 2.24) is 14.5 Å². The minimum atomic E-state index is -1.16. The van der Waals surface area contributed by atoms with Crippen LogP contribution in [0.15, 0.2) is 42.7 Å². The lowest BCUT2D eigenvalue weighted by molar-refractivity contribution is -0.137. The number of hydrogen-bond acceptors (Lipinski definition) is 3. The average Bonchev–Trinajstić information content (AvgIpc) is 3.05. The number of carbonyl (C=O) groups is 2. The predicted octanol–water partition coefficient (Wildman–Crippen LogP) is 4.14. The molecular weight excluding hydrogens is 385 g/mol. The van der Waals surface area contributed by atoms with E-state index in [4.69, 9.17) is 11.6 Å². The Morgan fingerprint density at radius 3 is 2.64 bits per heavy atom. The van der Waals surface area contributed by atoms with Crippen LogP contribution in [0.4, 0.5) is 4.39 Å². The molecule has 1 aromatic heterocycles. The quantitative estimate of drug-likeness (QED) is 0.671. The zero-order valence-corrected chi connectivity index (χ0v) is 16.2. The number of hydrogen-bond donors (Lipinski definition) is 1. The Kier molecular flexibility index (Phi) is 5.65. The maximum atomic E-state index is 13.3. The normalized spacial score (nSPS) is 11.2. The van der Waals surface area contributed by atoms with E-state index >= 15 is 0 Å². The number of nitrogens with zero attached hydrogens (tertiary/aromatic N) is 3. The molecule has 2 aromatic carbocycles. The first-order valence-electron chi connectivity index (χ1n) is 8.68. The second-order valence-corrected chi connectivity index (χ2v) is 7.15. The van der Waals surface area contributed by atoms with Gasteiger partial charge in [0.2, 0.25) is 0 Å². The molecule has 1 heterocycles. The molecule has 0 aliphatic carbocycles. The van der Waals surface area contributed by atoms with Gasteiger partial charge in [-0.3, -0.25) is 9.59 Å². The molecule has 0 radical (unpaired) electrons. The Morgan fingerprint density at radius 1 is 1.25 bits per heavy atom. The Labute approximate surface area is 166 Å². The minimum absolute atomic E-state index is 0.0529.